The summed E-state index contributed by atoms with van der Waals surface area (Å²) >= 11 is 13.3. The van der Waals surface area contributed by atoms with Crippen molar-refractivity contribution in [2.75, 3.05) is 18.8 Å². The molecular formula is C14H17Br2NO2S2. The molecule has 0 aliphatic heterocycles. The van der Waals surface area contributed by atoms with E-state index in [0.29, 0.717) is 14.4 Å². The van der Waals surface area contributed by atoms with Crippen molar-refractivity contribution in [3.05, 3.63) is 26.1 Å². The molecule has 3 nitrogen and oxygen atoms in total. The van der Waals surface area contributed by atoms with Crippen molar-refractivity contribution in [2.45, 2.75) is 20.8 Å². The number of benzene rings is 1. The van der Waals surface area contributed by atoms with E-state index in [0.717, 1.165) is 23.1 Å². The van der Waals surface area contributed by atoms with Crippen LogP contribution in [0.15, 0.2) is 15.0 Å². The van der Waals surface area contributed by atoms with Crippen LogP contribution in [0, 0.1) is 6.92 Å². The van der Waals surface area contributed by atoms with Crippen LogP contribution in [-0.4, -0.2) is 39.0 Å². The van der Waals surface area contributed by atoms with Gasteiger partial charge in [0, 0.05) is 17.6 Å². The summed E-state index contributed by atoms with van der Waals surface area (Å²) in [6, 6.07) is 1.65. The van der Waals surface area contributed by atoms with Crippen LogP contribution in [0.1, 0.15) is 29.8 Å². The van der Waals surface area contributed by atoms with Crippen LogP contribution in [0.3, 0.4) is 0 Å². The van der Waals surface area contributed by atoms with Gasteiger partial charge in [-0.05, 0) is 48.3 Å². The van der Waals surface area contributed by atoms with Crippen LogP contribution in [0.5, 0.6) is 5.75 Å². The summed E-state index contributed by atoms with van der Waals surface area (Å²) in [5, 5.41) is 10.1. The van der Waals surface area contributed by atoms with Gasteiger partial charge in [0.05, 0.1) is 15.8 Å². The maximum absolute atomic E-state index is 12.3. The molecule has 0 bridgehead atoms. The minimum absolute atomic E-state index is 0.0185. The number of thioether (sulfide) groups is 1. The SMILES string of the molecule is CCN(CC)C(=S)SCC(=O)c1cc(Br)c(C)c(Br)c1O. The molecule has 0 unspecified atom stereocenters. The first-order valence-electron chi connectivity index (χ1n) is 6.45. The molecule has 0 atom stereocenters. The van der Waals surface area contributed by atoms with Gasteiger partial charge in [0.15, 0.2) is 5.78 Å². The number of hydrogen-bond acceptors (Lipinski definition) is 4. The molecule has 0 aliphatic rings. The molecule has 0 saturated heterocycles. The highest BCUT2D eigenvalue weighted by atomic mass is 79.9. The van der Waals surface area contributed by atoms with Gasteiger partial charge in [0.1, 0.15) is 10.1 Å². The Morgan fingerprint density at radius 3 is 2.48 bits per heavy atom. The number of Topliss-reactive ketones (excluding diaryl/α,β-unsaturated/α-hetero) is 1. The molecule has 1 aromatic rings. The third-order valence-electron chi connectivity index (χ3n) is 3.07. The highest BCUT2D eigenvalue weighted by Gasteiger charge is 2.18. The Morgan fingerprint density at radius 1 is 1.38 bits per heavy atom. The van der Waals surface area contributed by atoms with E-state index in [1.54, 1.807) is 6.07 Å². The Kier molecular flexibility index (Phi) is 7.67. The molecular weight excluding hydrogens is 438 g/mol. The number of halogens is 2. The topological polar surface area (TPSA) is 40.5 Å². The van der Waals surface area contributed by atoms with Crippen LogP contribution < -0.4 is 0 Å². The van der Waals surface area contributed by atoms with Crippen LogP contribution in [-0.2, 0) is 0 Å². The summed E-state index contributed by atoms with van der Waals surface area (Å²) in [7, 11) is 0. The molecule has 1 rings (SSSR count). The van der Waals surface area contributed by atoms with E-state index >= 15 is 0 Å². The maximum Gasteiger partial charge on any atom is 0.176 e. The molecule has 0 aromatic heterocycles. The standard InChI is InChI=1S/C14H17Br2NO2S2/c1-4-17(5-2)14(20)21-7-11(18)9-6-10(15)8(3)12(16)13(9)19/h6,19H,4-5,7H2,1-3H3. The Labute approximate surface area is 151 Å². The van der Waals surface area contributed by atoms with Gasteiger partial charge in [-0.15, -0.1) is 0 Å². The van der Waals surface area contributed by atoms with E-state index in [9.17, 15) is 9.90 Å². The van der Waals surface area contributed by atoms with Gasteiger partial charge in [-0.3, -0.25) is 4.79 Å². The van der Waals surface area contributed by atoms with Gasteiger partial charge in [-0.1, -0.05) is 39.9 Å². The van der Waals surface area contributed by atoms with Crippen molar-refractivity contribution in [1.82, 2.24) is 4.90 Å². The fraction of sp³-hybridized carbons (Fsp3) is 0.429. The number of phenols is 1. The smallest absolute Gasteiger partial charge is 0.176 e. The average Bonchev–Trinajstić information content (AvgIpc) is 2.47. The van der Waals surface area contributed by atoms with Crippen molar-refractivity contribution in [3.63, 3.8) is 0 Å². The first-order valence-corrected chi connectivity index (χ1v) is 9.43. The highest BCUT2D eigenvalue weighted by Crippen LogP contribution is 2.36. The molecule has 0 spiro atoms. The molecule has 1 N–H and O–H groups in total. The zero-order valence-electron chi connectivity index (χ0n) is 12.1. The Morgan fingerprint density at radius 2 is 1.95 bits per heavy atom. The minimum Gasteiger partial charge on any atom is -0.506 e. The zero-order valence-corrected chi connectivity index (χ0v) is 16.9. The molecule has 0 heterocycles. The molecule has 0 saturated carbocycles. The number of carbonyl (C=O) groups excluding carboxylic acids is 1. The third kappa shape index (κ3) is 4.68. The molecule has 0 amide bonds. The van der Waals surface area contributed by atoms with Crippen LogP contribution in [0.4, 0.5) is 0 Å². The molecule has 7 heteroatoms. The number of thiocarbonyl (C=S) groups is 1. The summed E-state index contributed by atoms with van der Waals surface area (Å²) < 4.78 is 2.03. The zero-order chi connectivity index (χ0) is 16.2. The monoisotopic (exact) mass is 453 g/mol. The van der Waals surface area contributed by atoms with E-state index in [1.165, 1.54) is 11.8 Å². The molecule has 0 fully saturated rings. The van der Waals surface area contributed by atoms with Crippen molar-refractivity contribution >= 4 is 65.9 Å². The predicted octanol–water partition coefficient (Wildman–Crippen LogP) is 4.77. The molecule has 116 valence electrons. The third-order valence-corrected chi connectivity index (χ3v) is 6.39. The normalized spacial score (nSPS) is 10.5. The van der Waals surface area contributed by atoms with E-state index in [4.69, 9.17) is 12.2 Å². The summed E-state index contributed by atoms with van der Waals surface area (Å²) in [6.07, 6.45) is 0. The number of rotatable bonds is 5. The van der Waals surface area contributed by atoms with Gasteiger partial charge >= 0.3 is 0 Å². The van der Waals surface area contributed by atoms with Crippen LogP contribution in [0.25, 0.3) is 0 Å². The number of aromatic hydroxyl groups is 1. The second kappa shape index (κ2) is 8.50. The lowest BCUT2D eigenvalue weighted by molar-refractivity contribution is 0.102. The number of phenolic OH excluding ortho intramolecular Hbond substituents is 1. The molecule has 1 aromatic carbocycles. The minimum atomic E-state index is -0.145. The lowest BCUT2D eigenvalue weighted by Gasteiger charge is -2.20. The molecule has 0 aliphatic carbocycles. The van der Waals surface area contributed by atoms with Gasteiger partial charge in [-0.2, -0.15) is 0 Å². The highest BCUT2D eigenvalue weighted by molar-refractivity contribution is 9.11. The van der Waals surface area contributed by atoms with Crippen molar-refractivity contribution in [2.24, 2.45) is 0 Å². The van der Waals surface area contributed by atoms with Crippen molar-refractivity contribution in [3.8, 4) is 5.75 Å². The summed E-state index contributed by atoms with van der Waals surface area (Å²) in [5.41, 5.74) is 1.16. The van der Waals surface area contributed by atoms with Gasteiger partial charge in [-0.25, -0.2) is 0 Å². The van der Waals surface area contributed by atoms with Crippen LogP contribution >= 0.6 is 55.8 Å². The van der Waals surface area contributed by atoms with E-state index in [-0.39, 0.29) is 17.3 Å². The number of carbonyl (C=O) groups is 1. The fourth-order valence-corrected chi connectivity index (χ4v) is 4.10. The van der Waals surface area contributed by atoms with Crippen LogP contribution in [0.2, 0.25) is 0 Å². The quantitative estimate of drug-likeness (QED) is 0.512. The van der Waals surface area contributed by atoms with Crippen molar-refractivity contribution < 1.29 is 9.90 Å². The Hall–Kier alpha value is -0.110. The Balaban J connectivity index is 2.84. The lowest BCUT2D eigenvalue weighted by atomic mass is 10.1. The largest absolute Gasteiger partial charge is 0.506 e. The molecule has 0 radical (unpaired) electrons. The number of hydrogen-bond donors (Lipinski definition) is 1. The van der Waals surface area contributed by atoms with Gasteiger partial charge < -0.3 is 10.0 Å². The van der Waals surface area contributed by atoms with Gasteiger partial charge in [0.2, 0.25) is 0 Å². The first-order chi connectivity index (χ1) is 9.83. The number of nitrogens with zero attached hydrogens (tertiary/aromatic N) is 1. The summed E-state index contributed by atoms with van der Waals surface area (Å²) in [5.74, 6) is 0.0497. The second-order valence-electron chi connectivity index (χ2n) is 4.34. The van der Waals surface area contributed by atoms with Gasteiger partial charge in [0.25, 0.3) is 0 Å². The van der Waals surface area contributed by atoms with Crippen molar-refractivity contribution in [1.29, 1.82) is 0 Å². The van der Waals surface area contributed by atoms with E-state index in [2.05, 4.69) is 31.9 Å². The number of ketones is 1. The lowest BCUT2D eigenvalue weighted by Crippen LogP contribution is -2.27. The fourth-order valence-electron chi connectivity index (χ4n) is 1.69. The Bertz CT molecular complexity index is 560. The maximum atomic E-state index is 12.3. The molecule has 21 heavy (non-hydrogen) atoms. The first kappa shape index (κ1) is 18.9. The van der Waals surface area contributed by atoms with E-state index in [1.807, 2.05) is 25.7 Å². The summed E-state index contributed by atoms with van der Waals surface area (Å²) in [4.78, 5) is 14.3. The summed E-state index contributed by atoms with van der Waals surface area (Å²) in [6.45, 7) is 7.55. The predicted molar refractivity (Wildman–Crippen MR) is 101 cm³/mol. The average molecular weight is 455 g/mol. The second-order valence-corrected chi connectivity index (χ2v) is 7.60. The van der Waals surface area contributed by atoms with E-state index < -0.39 is 0 Å².